The zero-order valence-electron chi connectivity index (χ0n) is 18.4. The predicted molar refractivity (Wildman–Crippen MR) is 122 cm³/mol. The Bertz CT molecular complexity index is 1050. The van der Waals surface area contributed by atoms with Gasteiger partial charge in [0.25, 0.3) is 0 Å². The minimum Gasteiger partial charge on any atom is -0.481 e. The van der Waals surface area contributed by atoms with E-state index in [0.717, 1.165) is 17.5 Å². The van der Waals surface area contributed by atoms with Gasteiger partial charge in [0.05, 0.1) is 11.3 Å². The molecule has 7 nitrogen and oxygen atoms in total. The van der Waals surface area contributed by atoms with Crippen molar-refractivity contribution in [2.24, 2.45) is 11.3 Å². The van der Waals surface area contributed by atoms with Crippen LogP contribution in [0.15, 0.2) is 48.5 Å². The molecule has 2 aromatic carbocycles. The Morgan fingerprint density at radius 3 is 2.21 bits per heavy atom. The lowest BCUT2D eigenvalue weighted by Crippen LogP contribution is -2.47. The van der Waals surface area contributed by atoms with Gasteiger partial charge in [0.15, 0.2) is 0 Å². The summed E-state index contributed by atoms with van der Waals surface area (Å²) < 4.78 is 5.57. The zero-order chi connectivity index (χ0) is 23.0. The fourth-order valence-electron chi connectivity index (χ4n) is 5.28. The second kappa shape index (κ2) is 8.54. The van der Waals surface area contributed by atoms with Crippen LogP contribution in [0.25, 0.3) is 11.1 Å². The van der Waals surface area contributed by atoms with E-state index in [4.69, 9.17) is 4.74 Å². The van der Waals surface area contributed by atoms with E-state index in [9.17, 15) is 19.5 Å². The topological polar surface area (TPSA) is 105 Å². The number of carboxylic acids is 1. The Morgan fingerprint density at radius 1 is 0.970 bits per heavy atom. The normalized spacial score (nSPS) is 22.2. The van der Waals surface area contributed by atoms with E-state index < -0.39 is 23.4 Å². The molecule has 0 spiro atoms. The Hall–Kier alpha value is -3.35. The van der Waals surface area contributed by atoms with E-state index in [0.29, 0.717) is 25.7 Å². The Kier molecular flexibility index (Phi) is 5.56. The SMILES string of the molecule is O=C(NCC1(C(=O)N[C@@H]2CCC[C@@H]2C(=O)O)CC1)OCC1c2ccccc2-c2ccccc21. The molecule has 3 aliphatic carbocycles. The number of amides is 2. The lowest BCUT2D eigenvalue weighted by Gasteiger charge is -2.22. The first-order chi connectivity index (χ1) is 16.0. The predicted octanol–water partition coefficient (Wildman–Crippen LogP) is 3.67. The van der Waals surface area contributed by atoms with Gasteiger partial charge in [-0.2, -0.15) is 0 Å². The first-order valence-corrected chi connectivity index (χ1v) is 11.6. The van der Waals surface area contributed by atoms with Crippen LogP contribution in [0.2, 0.25) is 0 Å². The number of alkyl carbamates (subject to hydrolysis) is 1. The molecule has 5 rings (SSSR count). The van der Waals surface area contributed by atoms with Crippen molar-refractivity contribution in [1.29, 1.82) is 0 Å². The number of carbonyl (C=O) groups is 3. The highest BCUT2D eigenvalue weighted by atomic mass is 16.5. The van der Waals surface area contributed by atoms with Crippen molar-refractivity contribution in [1.82, 2.24) is 10.6 Å². The van der Waals surface area contributed by atoms with Crippen LogP contribution in [0.1, 0.15) is 49.1 Å². The monoisotopic (exact) mass is 448 g/mol. The minimum absolute atomic E-state index is 0.0170. The van der Waals surface area contributed by atoms with Gasteiger partial charge in [-0.3, -0.25) is 9.59 Å². The maximum absolute atomic E-state index is 12.8. The molecule has 2 saturated carbocycles. The van der Waals surface area contributed by atoms with E-state index in [2.05, 4.69) is 34.9 Å². The molecule has 172 valence electrons. The van der Waals surface area contributed by atoms with Gasteiger partial charge >= 0.3 is 12.1 Å². The maximum atomic E-state index is 12.8. The van der Waals surface area contributed by atoms with Crippen molar-refractivity contribution < 1.29 is 24.2 Å². The molecule has 7 heteroatoms. The van der Waals surface area contributed by atoms with Crippen LogP contribution in [0.5, 0.6) is 0 Å². The number of aliphatic carboxylic acids is 1. The number of carbonyl (C=O) groups excluding carboxylic acids is 2. The van der Waals surface area contributed by atoms with Gasteiger partial charge < -0.3 is 20.5 Å². The van der Waals surface area contributed by atoms with Crippen molar-refractivity contribution in [2.45, 2.75) is 44.1 Å². The molecule has 0 unspecified atom stereocenters. The summed E-state index contributed by atoms with van der Waals surface area (Å²) in [5.41, 5.74) is 3.98. The van der Waals surface area contributed by atoms with Crippen molar-refractivity contribution in [3.05, 3.63) is 59.7 Å². The summed E-state index contributed by atoms with van der Waals surface area (Å²) in [6.45, 7) is 0.418. The highest BCUT2D eigenvalue weighted by molar-refractivity contribution is 5.87. The summed E-state index contributed by atoms with van der Waals surface area (Å²) in [6.07, 6.45) is 2.87. The van der Waals surface area contributed by atoms with Crippen LogP contribution in [0.4, 0.5) is 4.79 Å². The Labute approximate surface area is 192 Å². The van der Waals surface area contributed by atoms with Crippen LogP contribution < -0.4 is 10.6 Å². The molecule has 2 amide bonds. The number of nitrogens with one attached hydrogen (secondary N) is 2. The van der Waals surface area contributed by atoms with Crippen molar-refractivity contribution >= 4 is 18.0 Å². The standard InChI is InChI=1S/C26H28N2O5/c29-23(30)20-10-5-11-22(20)28-24(31)26(12-13-26)15-27-25(32)33-14-21-18-8-3-1-6-16(18)17-7-2-4-9-19(17)21/h1-4,6-9,20-22H,5,10-15H2,(H,27,32)(H,28,31)(H,29,30)/t20-,22+/m0/s1. The van der Waals surface area contributed by atoms with Crippen LogP contribution in [0, 0.1) is 11.3 Å². The first-order valence-electron chi connectivity index (χ1n) is 11.6. The highest BCUT2D eigenvalue weighted by Gasteiger charge is 2.51. The molecule has 0 heterocycles. The lowest BCUT2D eigenvalue weighted by molar-refractivity contribution is -0.142. The van der Waals surface area contributed by atoms with Gasteiger partial charge in [0.1, 0.15) is 6.61 Å². The maximum Gasteiger partial charge on any atom is 0.407 e. The smallest absolute Gasteiger partial charge is 0.407 e. The summed E-state index contributed by atoms with van der Waals surface area (Å²) in [4.78, 5) is 36.7. The summed E-state index contributed by atoms with van der Waals surface area (Å²) in [5.74, 6) is -1.57. The van der Waals surface area contributed by atoms with Crippen LogP contribution in [0.3, 0.4) is 0 Å². The second-order valence-corrected chi connectivity index (χ2v) is 9.42. The fourth-order valence-corrected chi connectivity index (χ4v) is 5.28. The minimum atomic E-state index is -0.862. The number of hydrogen-bond donors (Lipinski definition) is 3. The third kappa shape index (κ3) is 4.08. The Morgan fingerprint density at radius 2 is 1.61 bits per heavy atom. The fraction of sp³-hybridized carbons (Fsp3) is 0.423. The number of fused-ring (bicyclic) bond motifs is 3. The molecule has 0 saturated heterocycles. The molecular formula is C26H28N2O5. The van der Waals surface area contributed by atoms with E-state index in [1.165, 1.54) is 11.1 Å². The van der Waals surface area contributed by atoms with E-state index in [1.807, 2.05) is 24.3 Å². The average Bonchev–Trinajstić information content (AvgIpc) is 3.36. The third-order valence-corrected chi connectivity index (χ3v) is 7.40. The number of carboxylic acid groups (broad SMARTS) is 1. The van der Waals surface area contributed by atoms with Crippen LogP contribution in [-0.4, -0.2) is 42.3 Å². The van der Waals surface area contributed by atoms with Gasteiger partial charge in [-0.15, -0.1) is 0 Å². The zero-order valence-corrected chi connectivity index (χ0v) is 18.4. The molecule has 0 radical (unpaired) electrons. The molecular weight excluding hydrogens is 420 g/mol. The van der Waals surface area contributed by atoms with Crippen molar-refractivity contribution in [3.63, 3.8) is 0 Å². The number of benzene rings is 2. The first kappa shape index (κ1) is 21.5. The van der Waals surface area contributed by atoms with Crippen LogP contribution >= 0.6 is 0 Å². The molecule has 0 aromatic heterocycles. The highest BCUT2D eigenvalue weighted by Crippen LogP contribution is 2.46. The lowest BCUT2D eigenvalue weighted by atomic mass is 9.98. The summed E-state index contributed by atoms with van der Waals surface area (Å²) in [7, 11) is 0. The van der Waals surface area contributed by atoms with E-state index in [1.54, 1.807) is 0 Å². The number of ether oxygens (including phenoxy) is 1. The molecule has 0 aliphatic heterocycles. The molecule has 3 aliphatic rings. The molecule has 2 aromatic rings. The number of rotatable bonds is 7. The van der Waals surface area contributed by atoms with Gasteiger partial charge in [-0.25, -0.2) is 4.79 Å². The van der Waals surface area contributed by atoms with E-state index >= 15 is 0 Å². The van der Waals surface area contributed by atoms with Gasteiger partial charge in [0, 0.05) is 18.5 Å². The summed E-state index contributed by atoms with van der Waals surface area (Å²) in [6, 6.07) is 16.0. The largest absolute Gasteiger partial charge is 0.481 e. The second-order valence-electron chi connectivity index (χ2n) is 9.42. The van der Waals surface area contributed by atoms with Gasteiger partial charge in [-0.05, 0) is 47.9 Å². The third-order valence-electron chi connectivity index (χ3n) is 7.40. The summed E-state index contributed by atoms with van der Waals surface area (Å²) >= 11 is 0. The quantitative estimate of drug-likeness (QED) is 0.599. The molecule has 2 atom stereocenters. The van der Waals surface area contributed by atoms with Gasteiger partial charge in [-0.1, -0.05) is 55.0 Å². The molecule has 33 heavy (non-hydrogen) atoms. The van der Waals surface area contributed by atoms with E-state index in [-0.39, 0.29) is 31.0 Å². The Balaban J connectivity index is 1.16. The van der Waals surface area contributed by atoms with Crippen LogP contribution in [-0.2, 0) is 14.3 Å². The van der Waals surface area contributed by atoms with Crippen molar-refractivity contribution in [2.75, 3.05) is 13.2 Å². The number of hydrogen-bond acceptors (Lipinski definition) is 4. The average molecular weight is 449 g/mol. The summed E-state index contributed by atoms with van der Waals surface area (Å²) in [5, 5.41) is 15.0. The molecule has 0 bridgehead atoms. The molecule has 2 fully saturated rings. The molecule has 3 N–H and O–H groups in total. The van der Waals surface area contributed by atoms with Gasteiger partial charge in [0.2, 0.25) is 5.91 Å². The van der Waals surface area contributed by atoms with Crippen molar-refractivity contribution in [3.8, 4) is 11.1 Å².